The van der Waals surface area contributed by atoms with Crippen LogP contribution in [0.3, 0.4) is 0 Å². The van der Waals surface area contributed by atoms with Gasteiger partial charge in [0.05, 0.1) is 6.20 Å². The summed E-state index contributed by atoms with van der Waals surface area (Å²) in [6.07, 6.45) is 9.74. The lowest BCUT2D eigenvalue weighted by Gasteiger charge is -2.34. The minimum atomic E-state index is -0.113. The van der Waals surface area contributed by atoms with Crippen molar-refractivity contribution >= 4 is 17.5 Å². The Morgan fingerprint density at radius 2 is 2.21 bits per heavy atom. The predicted octanol–water partition coefficient (Wildman–Crippen LogP) is 4.43. The van der Waals surface area contributed by atoms with Crippen molar-refractivity contribution in [3.8, 4) is 0 Å². The van der Waals surface area contributed by atoms with E-state index in [-0.39, 0.29) is 11.9 Å². The van der Waals surface area contributed by atoms with Crippen LogP contribution in [-0.2, 0) is 24.2 Å². The van der Waals surface area contributed by atoms with Gasteiger partial charge in [0.25, 0.3) is 0 Å². The van der Waals surface area contributed by atoms with Gasteiger partial charge in [-0.15, -0.1) is 0 Å². The lowest BCUT2D eigenvalue weighted by Crippen LogP contribution is -2.40. The maximum Gasteiger partial charge on any atom is 0.243 e. The van der Waals surface area contributed by atoms with Gasteiger partial charge < -0.3 is 13.9 Å². The summed E-state index contributed by atoms with van der Waals surface area (Å²) in [6.45, 7) is 3.07. The molecule has 7 heteroatoms. The maximum absolute atomic E-state index is 13.0. The smallest absolute Gasteiger partial charge is 0.243 e. The van der Waals surface area contributed by atoms with Crippen LogP contribution < -0.4 is 0 Å². The molecule has 1 aliphatic heterocycles. The molecule has 0 saturated carbocycles. The van der Waals surface area contributed by atoms with Gasteiger partial charge in [0.15, 0.2) is 0 Å². The van der Waals surface area contributed by atoms with E-state index in [0.717, 1.165) is 49.4 Å². The van der Waals surface area contributed by atoms with Gasteiger partial charge in [-0.1, -0.05) is 30.7 Å². The van der Waals surface area contributed by atoms with E-state index < -0.39 is 0 Å². The summed E-state index contributed by atoms with van der Waals surface area (Å²) in [6, 6.07) is 7.61. The molecule has 0 unspecified atom stereocenters. The fourth-order valence-electron chi connectivity index (χ4n) is 3.93. The Morgan fingerprint density at radius 3 is 3.03 bits per heavy atom. The number of amides is 1. The quantitative estimate of drug-likeness (QED) is 0.600. The first-order valence-corrected chi connectivity index (χ1v) is 10.5. The molecule has 1 aromatic carbocycles. The van der Waals surface area contributed by atoms with Crippen LogP contribution in [0, 0.1) is 0 Å². The number of imidazole rings is 1. The summed E-state index contributed by atoms with van der Waals surface area (Å²) in [5.74, 6) is 2.41. The second-order valence-corrected chi connectivity index (χ2v) is 7.83. The normalized spacial score (nSPS) is 16.9. The third kappa shape index (κ3) is 4.53. The lowest BCUT2D eigenvalue weighted by molar-refractivity contribution is -0.136. The number of nitrogens with zero attached hydrogens (tertiary/aromatic N) is 4. The summed E-state index contributed by atoms with van der Waals surface area (Å²) in [5, 5.41) is 0.706. The number of likely N-dealkylation sites (tertiary alicyclic amines) is 1. The van der Waals surface area contributed by atoms with Crippen molar-refractivity contribution in [2.45, 2.75) is 51.6 Å². The number of oxazole rings is 1. The number of carbonyl (C=O) groups excluding carboxylic acids is 1. The number of hydrogen-bond acceptors (Lipinski definition) is 4. The Kier molecular flexibility index (Phi) is 6.00. The van der Waals surface area contributed by atoms with Gasteiger partial charge in [-0.05, 0) is 37.0 Å². The van der Waals surface area contributed by atoms with Crippen LogP contribution in [0.5, 0.6) is 0 Å². The average molecular weight is 413 g/mol. The summed E-state index contributed by atoms with van der Waals surface area (Å²) in [7, 11) is 0. The summed E-state index contributed by atoms with van der Waals surface area (Å²) in [5.41, 5.74) is 1.07. The Balaban J connectivity index is 1.49. The standard InChI is InChI=1S/C22H25ClN4O2/c1-2-20-24-9-11-26(20)15-21(28)27-10-4-3-8-19(27)22-25-14-18(29-22)13-16-6-5-7-17(23)12-16/h5-7,9,11-12,14,19H,2-4,8,10,13,15H2,1H3/t19-/m1/s1. The van der Waals surface area contributed by atoms with Crippen molar-refractivity contribution in [1.29, 1.82) is 0 Å². The molecule has 0 N–H and O–H groups in total. The lowest BCUT2D eigenvalue weighted by atomic mass is 10.0. The molecule has 1 amide bonds. The van der Waals surface area contributed by atoms with Crippen molar-refractivity contribution in [3.63, 3.8) is 0 Å². The Bertz CT molecular complexity index is 981. The van der Waals surface area contributed by atoms with Crippen molar-refractivity contribution < 1.29 is 9.21 Å². The van der Waals surface area contributed by atoms with Crippen LogP contribution in [0.2, 0.25) is 5.02 Å². The van der Waals surface area contributed by atoms with Crippen LogP contribution in [0.1, 0.15) is 55.3 Å². The first-order chi connectivity index (χ1) is 14.1. The molecule has 152 valence electrons. The molecule has 1 atom stereocenters. The summed E-state index contributed by atoms with van der Waals surface area (Å²) in [4.78, 5) is 23.8. The van der Waals surface area contributed by atoms with Crippen LogP contribution in [0.25, 0.3) is 0 Å². The molecule has 3 heterocycles. The molecule has 0 aliphatic carbocycles. The van der Waals surface area contributed by atoms with E-state index in [4.69, 9.17) is 16.0 Å². The average Bonchev–Trinajstić information content (AvgIpc) is 3.37. The van der Waals surface area contributed by atoms with Crippen molar-refractivity contribution in [2.24, 2.45) is 0 Å². The molecule has 2 aromatic heterocycles. The molecule has 29 heavy (non-hydrogen) atoms. The molecule has 0 radical (unpaired) electrons. The highest BCUT2D eigenvalue weighted by molar-refractivity contribution is 6.30. The van der Waals surface area contributed by atoms with Crippen LogP contribution in [0.4, 0.5) is 0 Å². The van der Waals surface area contributed by atoms with E-state index in [1.165, 1.54) is 0 Å². The zero-order valence-electron chi connectivity index (χ0n) is 16.6. The topological polar surface area (TPSA) is 64.2 Å². The van der Waals surface area contributed by atoms with Crippen molar-refractivity contribution in [3.05, 3.63) is 70.9 Å². The molecule has 0 bridgehead atoms. The number of aromatic nitrogens is 3. The molecule has 4 rings (SSSR count). The van der Waals surface area contributed by atoms with Gasteiger partial charge in [-0.3, -0.25) is 4.79 Å². The second kappa shape index (κ2) is 8.82. The minimum absolute atomic E-state index is 0.0805. The molecular weight excluding hydrogens is 388 g/mol. The van der Waals surface area contributed by atoms with Crippen LogP contribution in [0.15, 0.2) is 47.3 Å². The monoisotopic (exact) mass is 412 g/mol. The van der Waals surface area contributed by atoms with Crippen molar-refractivity contribution in [2.75, 3.05) is 6.54 Å². The molecule has 1 fully saturated rings. The molecule has 0 spiro atoms. The fraction of sp³-hybridized carbons (Fsp3) is 0.409. The van der Waals surface area contributed by atoms with Crippen molar-refractivity contribution in [1.82, 2.24) is 19.4 Å². The number of halogens is 1. The largest absolute Gasteiger partial charge is 0.443 e. The van der Waals surface area contributed by atoms with Crippen LogP contribution >= 0.6 is 11.6 Å². The fourth-order valence-corrected chi connectivity index (χ4v) is 4.14. The number of hydrogen-bond donors (Lipinski definition) is 0. The van der Waals surface area contributed by atoms with Gasteiger partial charge in [0.1, 0.15) is 24.2 Å². The van der Waals surface area contributed by atoms with Crippen LogP contribution in [-0.4, -0.2) is 31.9 Å². The predicted molar refractivity (Wildman–Crippen MR) is 111 cm³/mol. The second-order valence-electron chi connectivity index (χ2n) is 7.40. The molecule has 1 saturated heterocycles. The highest BCUT2D eigenvalue weighted by Gasteiger charge is 2.31. The SMILES string of the molecule is CCc1nccn1CC(=O)N1CCCC[C@@H]1c1ncc(Cc2cccc(Cl)c2)o1. The van der Waals surface area contributed by atoms with Gasteiger partial charge >= 0.3 is 0 Å². The molecule has 1 aliphatic rings. The van der Waals surface area contributed by atoms with Gasteiger partial charge in [0.2, 0.25) is 11.8 Å². The van der Waals surface area contributed by atoms with E-state index in [1.807, 2.05) is 46.9 Å². The van der Waals surface area contributed by atoms with Gasteiger partial charge in [0, 0.05) is 36.8 Å². The number of benzene rings is 1. The Hall–Kier alpha value is -2.60. The number of aryl methyl sites for hydroxylation is 1. The minimum Gasteiger partial charge on any atom is -0.443 e. The highest BCUT2D eigenvalue weighted by Crippen LogP contribution is 2.31. The third-order valence-corrected chi connectivity index (χ3v) is 5.61. The molecular formula is C22H25ClN4O2. The van der Waals surface area contributed by atoms with E-state index in [0.29, 0.717) is 23.9 Å². The number of carbonyl (C=O) groups is 1. The molecule has 3 aromatic rings. The van der Waals surface area contributed by atoms with E-state index in [1.54, 1.807) is 12.4 Å². The summed E-state index contributed by atoms with van der Waals surface area (Å²) < 4.78 is 7.98. The van der Waals surface area contributed by atoms with Gasteiger partial charge in [-0.2, -0.15) is 0 Å². The first kappa shape index (κ1) is 19.7. The number of piperidine rings is 1. The highest BCUT2D eigenvalue weighted by atomic mass is 35.5. The summed E-state index contributed by atoms with van der Waals surface area (Å²) >= 11 is 6.07. The first-order valence-electron chi connectivity index (χ1n) is 10.1. The Labute approximate surface area is 175 Å². The van der Waals surface area contributed by atoms with Gasteiger partial charge in [-0.25, -0.2) is 9.97 Å². The number of rotatable bonds is 6. The Morgan fingerprint density at radius 1 is 1.31 bits per heavy atom. The zero-order valence-corrected chi connectivity index (χ0v) is 17.3. The van der Waals surface area contributed by atoms with E-state index in [2.05, 4.69) is 9.97 Å². The molecule has 6 nitrogen and oxygen atoms in total. The van der Waals surface area contributed by atoms with E-state index in [9.17, 15) is 4.79 Å². The zero-order chi connectivity index (χ0) is 20.2. The third-order valence-electron chi connectivity index (χ3n) is 5.37. The van der Waals surface area contributed by atoms with E-state index >= 15 is 0 Å². The maximum atomic E-state index is 13.0.